The van der Waals surface area contributed by atoms with Gasteiger partial charge in [-0.1, -0.05) is 0 Å². The maximum absolute atomic E-state index is 4.43. The van der Waals surface area contributed by atoms with Crippen molar-refractivity contribution in [2.75, 3.05) is 24.5 Å². The predicted molar refractivity (Wildman–Crippen MR) is 67.1 cm³/mol. The number of anilines is 1. The lowest BCUT2D eigenvalue weighted by atomic mass is 10.2. The molecule has 0 amide bonds. The van der Waals surface area contributed by atoms with Crippen molar-refractivity contribution in [2.45, 2.75) is 13.0 Å². The second kappa shape index (κ2) is 3.99. The van der Waals surface area contributed by atoms with Crippen molar-refractivity contribution in [2.24, 2.45) is 0 Å². The zero-order valence-electron chi connectivity index (χ0n) is 9.18. The monoisotopic (exact) mass is 234 g/mol. The minimum Gasteiger partial charge on any atom is -0.353 e. The molecule has 0 spiro atoms. The van der Waals surface area contributed by atoms with E-state index in [1.807, 2.05) is 0 Å². The quantitative estimate of drug-likeness (QED) is 0.811. The maximum atomic E-state index is 4.43. The third-order valence-corrected chi connectivity index (χ3v) is 3.73. The molecule has 1 atom stereocenters. The molecule has 1 N–H and O–H groups in total. The SMILES string of the molecule is C[C@@H]1CN(c2ncnc3sccc23)CCN1. The number of nitrogens with one attached hydrogen (secondary N) is 1. The Morgan fingerprint density at radius 1 is 1.50 bits per heavy atom. The van der Waals surface area contributed by atoms with Gasteiger partial charge in [0.15, 0.2) is 0 Å². The Morgan fingerprint density at radius 2 is 2.44 bits per heavy atom. The first kappa shape index (κ1) is 9.99. The molecule has 5 heteroatoms. The second-order valence-electron chi connectivity index (χ2n) is 4.14. The number of rotatable bonds is 1. The summed E-state index contributed by atoms with van der Waals surface area (Å²) in [5.41, 5.74) is 0. The summed E-state index contributed by atoms with van der Waals surface area (Å²) in [7, 11) is 0. The fourth-order valence-electron chi connectivity index (χ4n) is 2.15. The van der Waals surface area contributed by atoms with Crippen LogP contribution in [-0.2, 0) is 0 Å². The molecular weight excluding hydrogens is 220 g/mol. The molecule has 16 heavy (non-hydrogen) atoms. The Hall–Kier alpha value is -1.20. The molecule has 4 nitrogen and oxygen atoms in total. The second-order valence-corrected chi connectivity index (χ2v) is 5.03. The highest BCUT2D eigenvalue weighted by Gasteiger charge is 2.19. The topological polar surface area (TPSA) is 41.1 Å². The van der Waals surface area contributed by atoms with Crippen LogP contribution in [0.4, 0.5) is 5.82 Å². The van der Waals surface area contributed by atoms with E-state index in [-0.39, 0.29) is 0 Å². The van der Waals surface area contributed by atoms with Gasteiger partial charge in [-0.2, -0.15) is 0 Å². The summed E-state index contributed by atoms with van der Waals surface area (Å²) in [6.07, 6.45) is 1.67. The lowest BCUT2D eigenvalue weighted by Crippen LogP contribution is -2.49. The zero-order chi connectivity index (χ0) is 11.0. The Kier molecular flexibility index (Phi) is 2.49. The van der Waals surface area contributed by atoms with Crippen LogP contribution in [0.25, 0.3) is 10.2 Å². The van der Waals surface area contributed by atoms with Crippen molar-refractivity contribution < 1.29 is 0 Å². The smallest absolute Gasteiger partial charge is 0.140 e. The average Bonchev–Trinajstić information content (AvgIpc) is 2.76. The van der Waals surface area contributed by atoms with E-state index in [0.717, 1.165) is 30.3 Å². The highest BCUT2D eigenvalue weighted by atomic mass is 32.1. The Morgan fingerprint density at radius 3 is 3.31 bits per heavy atom. The molecule has 1 fully saturated rings. The van der Waals surface area contributed by atoms with Crippen molar-refractivity contribution in [3.8, 4) is 0 Å². The van der Waals surface area contributed by atoms with E-state index in [0.29, 0.717) is 6.04 Å². The molecule has 0 aliphatic carbocycles. The van der Waals surface area contributed by atoms with Crippen LogP contribution in [0.3, 0.4) is 0 Å². The molecule has 2 aromatic heterocycles. The van der Waals surface area contributed by atoms with Gasteiger partial charge >= 0.3 is 0 Å². The molecule has 84 valence electrons. The molecule has 1 saturated heterocycles. The highest BCUT2D eigenvalue weighted by molar-refractivity contribution is 7.16. The van der Waals surface area contributed by atoms with Gasteiger partial charge in [0.2, 0.25) is 0 Å². The normalized spacial score (nSPS) is 21.6. The summed E-state index contributed by atoms with van der Waals surface area (Å²) in [5.74, 6) is 1.08. The minimum absolute atomic E-state index is 0.525. The molecule has 0 bridgehead atoms. The summed E-state index contributed by atoms with van der Waals surface area (Å²) in [6, 6.07) is 2.64. The molecule has 0 aromatic carbocycles. The van der Waals surface area contributed by atoms with Crippen LogP contribution in [-0.4, -0.2) is 35.6 Å². The first-order chi connectivity index (χ1) is 7.84. The molecule has 3 rings (SSSR count). The minimum atomic E-state index is 0.525. The molecule has 1 aliphatic heterocycles. The van der Waals surface area contributed by atoms with Gasteiger partial charge in [-0.15, -0.1) is 11.3 Å². The molecule has 0 unspecified atom stereocenters. The van der Waals surface area contributed by atoms with E-state index < -0.39 is 0 Å². The van der Waals surface area contributed by atoms with Crippen molar-refractivity contribution >= 4 is 27.4 Å². The Labute approximate surface area is 98.3 Å². The highest BCUT2D eigenvalue weighted by Crippen LogP contribution is 2.27. The first-order valence-corrected chi connectivity index (χ1v) is 6.39. The lowest BCUT2D eigenvalue weighted by molar-refractivity contribution is 0.483. The number of hydrogen-bond donors (Lipinski definition) is 1. The molecular formula is C11H14N4S. The van der Waals surface area contributed by atoms with Gasteiger partial charge in [-0.3, -0.25) is 0 Å². The largest absolute Gasteiger partial charge is 0.353 e. The predicted octanol–water partition coefficient (Wildman–Crippen LogP) is 1.49. The molecule has 3 heterocycles. The fourth-order valence-corrected chi connectivity index (χ4v) is 2.88. The molecule has 1 aliphatic rings. The van der Waals surface area contributed by atoms with Crippen LogP contribution in [0.5, 0.6) is 0 Å². The van der Waals surface area contributed by atoms with Crippen LogP contribution in [0.2, 0.25) is 0 Å². The lowest BCUT2D eigenvalue weighted by Gasteiger charge is -2.32. The average molecular weight is 234 g/mol. The number of thiophene rings is 1. The number of hydrogen-bond acceptors (Lipinski definition) is 5. The van der Waals surface area contributed by atoms with Gasteiger partial charge in [0.05, 0.1) is 5.39 Å². The number of piperazine rings is 1. The van der Waals surface area contributed by atoms with Crippen LogP contribution < -0.4 is 10.2 Å². The summed E-state index contributed by atoms with van der Waals surface area (Å²) in [4.78, 5) is 12.1. The van der Waals surface area contributed by atoms with Crippen molar-refractivity contribution in [3.63, 3.8) is 0 Å². The van der Waals surface area contributed by atoms with Crippen molar-refractivity contribution in [1.29, 1.82) is 0 Å². The van der Waals surface area contributed by atoms with E-state index in [1.165, 1.54) is 5.39 Å². The molecule has 2 aromatic rings. The fraction of sp³-hybridized carbons (Fsp3) is 0.455. The first-order valence-electron chi connectivity index (χ1n) is 5.51. The summed E-state index contributed by atoms with van der Waals surface area (Å²) in [5, 5.41) is 6.70. The van der Waals surface area contributed by atoms with E-state index in [9.17, 15) is 0 Å². The van der Waals surface area contributed by atoms with Crippen molar-refractivity contribution in [3.05, 3.63) is 17.8 Å². The summed E-state index contributed by atoms with van der Waals surface area (Å²) < 4.78 is 0. The number of fused-ring (bicyclic) bond motifs is 1. The third-order valence-electron chi connectivity index (χ3n) is 2.91. The van der Waals surface area contributed by atoms with Gasteiger partial charge in [0.1, 0.15) is 17.0 Å². The van der Waals surface area contributed by atoms with Gasteiger partial charge in [0, 0.05) is 25.7 Å². The van der Waals surface area contributed by atoms with E-state index in [4.69, 9.17) is 0 Å². The number of nitrogens with zero attached hydrogens (tertiary/aromatic N) is 3. The molecule has 0 saturated carbocycles. The third kappa shape index (κ3) is 1.66. The summed E-state index contributed by atoms with van der Waals surface area (Å²) >= 11 is 1.67. The molecule has 0 radical (unpaired) electrons. The van der Waals surface area contributed by atoms with Crippen molar-refractivity contribution in [1.82, 2.24) is 15.3 Å². The van der Waals surface area contributed by atoms with Gasteiger partial charge < -0.3 is 10.2 Å². The Bertz CT molecular complexity index is 495. The van der Waals surface area contributed by atoms with Crippen LogP contribution >= 0.6 is 11.3 Å². The summed E-state index contributed by atoms with van der Waals surface area (Å²) in [6.45, 7) is 5.27. The van der Waals surface area contributed by atoms with Gasteiger partial charge in [-0.05, 0) is 18.4 Å². The van der Waals surface area contributed by atoms with Crippen LogP contribution in [0.15, 0.2) is 17.8 Å². The zero-order valence-corrected chi connectivity index (χ0v) is 10.00. The number of aromatic nitrogens is 2. The standard InChI is InChI=1S/C11H14N4S/c1-8-6-15(4-3-12-8)10-9-2-5-16-11(9)14-7-13-10/h2,5,7-8,12H,3-4,6H2,1H3/t8-/m1/s1. The van der Waals surface area contributed by atoms with Crippen LogP contribution in [0, 0.1) is 0 Å². The van der Waals surface area contributed by atoms with Gasteiger partial charge in [-0.25, -0.2) is 9.97 Å². The van der Waals surface area contributed by atoms with Crippen LogP contribution in [0.1, 0.15) is 6.92 Å². The van der Waals surface area contributed by atoms with E-state index >= 15 is 0 Å². The Balaban J connectivity index is 2.01. The van der Waals surface area contributed by atoms with Gasteiger partial charge in [0.25, 0.3) is 0 Å². The maximum Gasteiger partial charge on any atom is 0.140 e. The van der Waals surface area contributed by atoms with E-state index in [2.05, 4.69) is 38.6 Å². The van der Waals surface area contributed by atoms with E-state index in [1.54, 1.807) is 17.7 Å².